The number of piperidine rings is 1. The number of carbonyl (C=O) groups excluding carboxylic acids is 2. The number of ether oxygens (including phenoxy) is 1. The van der Waals surface area contributed by atoms with E-state index in [0.717, 1.165) is 47.1 Å². The second-order valence-corrected chi connectivity index (χ2v) is 10.2. The molecule has 0 aliphatic carbocycles. The summed E-state index contributed by atoms with van der Waals surface area (Å²) in [5.74, 6) is -0.101. The molecule has 0 saturated carbocycles. The van der Waals surface area contributed by atoms with E-state index in [0.29, 0.717) is 29.8 Å². The first-order valence-corrected chi connectivity index (χ1v) is 12.8. The summed E-state index contributed by atoms with van der Waals surface area (Å²) in [6.07, 6.45) is 2.06. The predicted molar refractivity (Wildman–Crippen MR) is 159 cm³/mol. The SMILES string of the molecule is C[N+]1(C)CCC(OC(=O)Nc2ccc(CCC(=O)Nc3ccc(C[O-])cc3)cc2-c2ccccc2)CC1.I. The van der Waals surface area contributed by atoms with Crippen LogP contribution in [0, 0.1) is 0 Å². The lowest BCUT2D eigenvalue weighted by atomic mass is 9.99. The Morgan fingerprint density at radius 2 is 1.58 bits per heavy atom. The molecule has 0 radical (unpaired) electrons. The van der Waals surface area contributed by atoms with Crippen LogP contribution in [0.1, 0.15) is 30.4 Å². The highest BCUT2D eigenvalue weighted by Crippen LogP contribution is 2.30. The van der Waals surface area contributed by atoms with Crippen molar-refractivity contribution in [2.45, 2.75) is 38.4 Å². The van der Waals surface area contributed by atoms with Gasteiger partial charge in [-0.1, -0.05) is 54.1 Å². The number of nitrogens with one attached hydrogen (secondary N) is 2. The number of anilines is 2. The molecule has 0 spiro atoms. The number of amides is 2. The summed E-state index contributed by atoms with van der Waals surface area (Å²) in [5.41, 5.74) is 4.87. The Morgan fingerprint density at radius 1 is 0.921 bits per heavy atom. The summed E-state index contributed by atoms with van der Waals surface area (Å²) < 4.78 is 6.68. The van der Waals surface area contributed by atoms with Crippen LogP contribution < -0.4 is 15.7 Å². The number of hydrogen-bond donors (Lipinski definition) is 2. The summed E-state index contributed by atoms with van der Waals surface area (Å²) in [5, 5.41) is 16.7. The molecule has 4 rings (SSSR count). The lowest BCUT2D eigenvalue weighted by Crippen LogP contribution is -2.48. The van der Waals surface area contributed by atoms with Gasteiger partial charge in [0.15, 0.2) is 0 Å². The molecule has 7 nitrogen and oxygen atoms in total. The number of hydrogen-bond acceptors (Lipinski definition) is 4. The Bertz CT molecular complexity index is 1210. The van der Waals surface area contributed by atoms with Crippen molar-refractivity contribution >= 4 is 47.4 Å². The Labute approximate surface area is 241 Å². The largest absolute Gasteiger partial charge is 0.851 e. The number of aryl methyl sites for hydroxylation is 1. The van der Waals surface area contributed by atoms with E-state index in [1.807, 2.05) is 48.5 Å². The molecular formula is C30H36IN3O4. The van der Waals surface area contributed by atoms with E-state index in [1.165, 1.54) is 0 Å². The fraction of sp³-hybridized carbons (Fsp3) is 0.333. The summed E-state index contributed by atoms with van der Waals surface area (Å²) >= 11 is 0. The van der Waals surface area contributed by atoms with E-state index in [4.69, 9.17) is 4.74 Å². The quantitative estimate of drug-likeness (QED) is 0.265. The number of halogens is 1. The molecule has 202 valence electrons. The highest BCUT2D eigenvalue weighted by atomic mass is 127. The maximum absolute atomic E-state index is 12.7. The van der Waals surface area contributed by atoms with Crippen molar-refractivity contribution in [3.05, 3.63) is 83.9 Å². The number of nitrogens with zero attached hydrogens (tertiary/aromatic N) is 1. The molecule has 8 heteroatoms. The van der Waals surface area contributed by atoms with Crippen LogP contribution in [0.15, 0.2) is 72.8 Å². The molecule has 3 aromatic carbocycles. The first-order chi connectivity index (χ1) is 17.8. The normalized spacial score (nSPS) is 14.7. The lowest BCUT2D eigenvalue weighted by Gasteiger charge is -2.36. The van der Waals surface area contributed by atoms with Crippen molar-refractivity contribution in [1.82, 2.24) is 0 Å². The molecule has 38 heavy (non-hydrogen) atoms. The van der Waals surface area contributed by atoms with Gasteiger partial charge in [0, 0.05) is 30.5 Å². The summed E-state index contributed by atoms with van der Waals surface area (Å²) in [4.78, 5) is 25.2. The molecule has 3 aromatic rings. The number of rotatable bonds is 8. The number of likely N-dealkylation sites (tertiary alicyclic amines) is 1. The minimum Gasteiger partial charge on any atom is -0.851 e. The van der Waals surface area contributed by atoms with Gasteiger partial charge in [0.1, 0.15) is 6.10 Å². The van der Waals surface area contributed by atoms with Crippen LogP contribution in [0.25, 0.3) is 11.1 Å². The lowest BCUT2D eigenvalue weighted by molar-refractivity contribution is -0.896. The minimum atomic E-state index is -0.440. The molecule has 0 bridgehead atoms. The monoisotopic (exact) mass is 629 g/mol. The van der Waals surface area contributed by atoms with Crippen LogP contribution in [-0.4, -0.2) is 49.8 Å². The van der Waals surface area contributed by atoms with Crippen molar-refractivity contribution in [3.8, 4) is 11.1 Å². The summed E-state index contributed by atoms with van der Waals surface area (Å²) in [6.45, 7) is 1.70. The smallest absolute Gasteiger partial charge is 0.411 e. The number of quaternary nitrogens is 1. The van der Waals surface area contributed by atoms with Gasteiger partial charge in [0.25, 0.3) is 0 Å². The molecule has 2 N–H and O–H groups in total. The minimum absolute atomic E-state index is 0. The second kappa shape index (κ2) is 13.7. The van der Waals surface area contributed by atoms with E-state index >= 15 is 0 Å². The average molecular weight is 630 g/mol. The molecule has 0 unspecified atom stereocenters. The van der Waals surface area contributed by atoms with Gasteiger partial charge in [-0.15, -0.1) is 30.6 Å². The van der Waals surface area contributed by atoms with Crippen LogP contribution >= 0.6 is 24.0 Å². The molecular weight excluding hydrogens is 593 g/mol. The number of benzene rings is 3. The molecule has 1 heterocycles. The van der Waals surface area contributed by atoms with E-state index in [9.17, 15) is 14.7 Å². The highest BCUT2D eigenvalue weighted by Gasteiger charge is 2.28. The first kappa shape index (κ1) is 29.6. The average Bonchev–Trinajstić information content (AvgIpc) is 2.90. The zero-order valence-electron chi connectivity index (χ0n) is 21.9. The third kappa shape index (κ3) is 8.54. The predicted octanol–water partition coefficient (Wildman–Crippen LogP) is 5.19. The maximum atomic E-state index is 12.7. The van der Waals surface area contributed by atoms with Gasteiger partial charge in [0.05, 0.1) is 32.9 Å². The van der Waals surface area contributed by atoms with E-state index in [2.05, 4.69) is 24.7 Å². The molecule has 1 fully saturated rings. The Kier molecular flexibility index (Phi) is 10.7. The van der Waals surface area contributed by atoms with Gasteiger partial charge in [-0.25, -0.2) is 4.79 Å². The zero-order valence-corrected chi connectivity index (χ0v) is 24.3. The molecule has 1 aliphatic heterocycles. The standard InChI is InChI=1S/C30H35N3O4.HI/c1-33(2)18-16-26(17-19-33)37-30(36)32-28-14-10-22(20-27(28)24-6-4-3-5-7-24)11-15-29(35)31-25-12-8-23(21-34)9-13-25;/h3-10,12-14,20,26H,11,15-19,21H2,1-2H3,(H,31,35)(H,32,36);1H. The fourth-order valence-corrected chi connectivity index (χ4v) is 4.53. The summed E-state index contributed by atoms with van der Waals surface area (Å²) in [6, 6.07) is 22.6. The van der Waals surface area contributed by atoms with Crippen LogP contribution in [-0.2, 0) is 22.6 Å². The molecule has 1 saturated heterocycles. The zero-order chi connectivity index (χ0) is 26.3. The molecule has 0 atom stereocenters. The Hall–Kier alpha value is -2.95. The third-order valence-corrected chi connectivity index (χ3v) is 6.84. The summed E-state index contributed by atoms with van der Waals surface area (Å²) in [7, 11) is 4.39. The molecule has 0 aromatic heterocycles. The number of carbonyl (C=O) groups is 2. The van der Waals surface area contributed by atoms with Crippen molar-refractivity contribution in [1.29, 1.82) is 0 Å². The van der Waals surface area contributed by atoms with E-state index in [1.54, 1.807) is 24.3 Å². The van der Waals surface area contributed by atoms with Crippen LogP contribution in [0.3, 0.4) is 0 Å². The maximum Gasteiger partial charge on any atom is 0.411 e. The van der Waals surface area contributed by atoms with Gasteiger partial charge in [0.2, 0.25) is 5.91 Å². The van der Waals surface area contributed by atoms with Crippen LogP contribution in [0.4, 0.5) is 16.2 Å². The van der Waals surface area contributed by atoms with Crippen LogP contribution in [0.2, 0.25) is 0 Å². The molecule has 1 aliphatic rings. The van der Waals surface area contributed by atoms with Gasteiger partial charge < -0.3 is 19.6 Å². The van der Waals surface area contributed by atoms with Crippen molar-refractivity contribution in [2.24, 2.45) is 0 Å². The van der Waals surface area contributed by atoms with Gasteiger partial charge in [-0.2, -0.15) is 0 Å². The van der Waals surface area contributed by atoms with E-state index in [-0.39, 0.29) is 42.6 Å². The van der Waals surface area contributed by atoms with Crippen molar-refractivity contribution in [2.75, 3.05) is 37.8 Å². The van der Waals surface area contributed by atoms with Gasteiger partial charge >= 0.3 is 6.09 Å². The van der Waals surface area contributed by atoms with Gasteiger partial charge in [-0.05, 0) is 41.8 Å². The fourth-order valence-electron chi connectivity index (χ4n) is 4.53. The Morgan fingerprint density at radius 3 is 2.24 bits per heavy atom. The van der Waals surface area contributed by atoms with Crippen molar-refractivity contribution < 1.29 is 23.9 Å². The van der Waals surface area contributed by atoms with Crippen molar-refractivity contribution in [3.63, 3.8) is 0 Å². The van der Waals surface area contributed by atoms with Gasteiger partial charge in [-0.3, -0.25) is 10.1 Å². The highest BCUT2D eigenvalue weighted by molar-refractivity contribution is 14.0. The van der Waals surface area contributed by atoms with E-state index < -0.39 is 6.09 Å². The van der Waals surface area contributed by atoms with Crippen LogP contribution in [0.5, 0.6) is 0 Å². The first-order valence-electron chi connectivity index (χ1n) is 12.8. The second-order valence-electron chi connectivity index (χ2n) is 10.2. The topological polar surface area (TPSA) is 90.5 Å². The third-order valence-electron chi connectivity index (χ3n) is 6.84. The molecule has 2 amide bonds. The Balaban J connectivity index is 0.00000400.